The van der Waals surface area contributed by atoms with Crippen LogP contribution in [0, 0.1) is 0 Å². The molecule has 5 aromatic rings. The third kappa shape index (κ3) is 2.97. The Morgan fingerprint density at radius 3 is 2.29 bits per heavy atom. The summed E-state index contributed by atoms with van der Waals surface area (Å²) in [6.07, 6.45) is 1.72. The molecule has 0 spiro atoms. The number of H-pyrrole nitrogens is 3. The summed E-state index contributed by atoms with van der Waals surface area (Å²) in [5.41, 5.74) is 8.13. The summed E-state index contributed by atoms with van der Waals surface area (Å²) in [7, 11) is 0. The van der Waals surface area contributed by atoms with Gasteiger partial charge in [-0.05, 0) is 41.5 Å². The lowest BCUT2D eigenvalue weighted by atomic mass is 9.92. The van der Waals surface area contributed by atoms with Crippen LogP contribution in [0.15, 0.2) is 48.8 Å². The first-order valence-corrected chi connectivity index (χ1v) is 8.97. The minimum atomic E-state index is 0. The number of aromatic amines is 3. The van der Waals surface area contributed by atoms with Crippen LogP contribution in [-0.2, 0) is 5.41 Å². The van der Waals surface area contributed by atoms with Crippen molar-refractivity contribution in [1.82, 2.24) is 30.1 Å². The van der Waals surface area contributed by atoms with Gasteiger partial charge in [0.2, 0.25) is 0 Å². The van der Waals surface area contributed by atoms with E-state index in [9.17, 15) is 0 Å². The largest absolute Gasteiger partial charge is 0.345 e. The molecule has 0 radical (unpaired) electrons. The van der Waals surface area contributed by atoms with Gasteiger partial charge >= 0.3 is 0 Å². The molecule has 0 bridgehead atoms. The molecule has 0 aliphatic carbocycles. The molecule has 3 N–H and O–H groups in total. The topological polar surface area (TPSA) is 86.0 Å². The van der Waals surface area contributed by atoms with Crippen molar-refractivity contribution in [2.75, 3.05) is 0 Å². The normalized spacial score (nSPS) is 11.8. The van der Waals surface area contributed by atoms with Crippen molar-refractivity contribution in [3.63, 3.8) is 0 Å². The highest BCUT2D eigenvalue weighted by atomic mass is 15.1. The molecule has 0 aliphatic heterocycles. The van der Waals surface area contributed by atoms with Gasteiger partial charge in [0.15, 0.2) is 5.82 Å². The Bertz CT molecular complexity index is 1270. The lowest BCUT2D eigenvalue weighted by Crippen LogP contribution is -2.11. The van der Waals surface area contributed by atoms with Crippen LogP contribution in [0.1, 0.15) is 33.9 Å². The number of imidazole rings is 2. The number of hydrogen-bond donors (Lipinski definition) is 3. The fourth-order valence-corrected chi connectivity index (χ4v) is 3.25. The summed E-state index contributed by atoms with van der Waals surface area (Å²) in [5, 5.41) is 7.55. The molecule has 0 aliphatic rings. The molecule has 142 valence electrons. The molecule has 0 amide bonds. The van der Waals surface area contributed by atoms with E-state index >= 15 is 0 Å². The minimum absolute atomic E-state index is 0. The van der Waals surface area contributed by atoms with Crippen molar-refractivity contribution in [3.8, 4) is 22.6 Å². The zero-order chi connectivity index (χ0) is 18.6. The van der Waals surface area contributed by atoms with Gasteiger partial charge in [0.25, 0.3) is 0 Å². The van der Waals surface area contributed by atoms with E-state index in [1.54, 1.807) is 6.33 Å². The predicted octanol–water partition coefficient (Wildman–Crippen LogP) is 5.43. The number of rotatable bonds is 2. The Balaban J connectivity index is 0.00000192. The van der Waals surface area contributed by atoms with Gasteiger partial charge < -0.3 is 9.97 Å². The number of hydrogen-bond acceptors (Lipinski definition) is 3. The summed E-state index contributed by atoms with van der Waals surface area (Å²) >= 11 is 0. The maximum atomic E-state index is 4.70. The molecule has 6 heteroatoms. The van der Waals surface area contributed by atoms with Gasteiger partial charge in [-0.2, -0.15) is 5.10 Å². The Kier molecular flexibility index (Phi) is 4.07. The van der Waals surface area contributed by atoms with E-state index in [4.69, 9.17) is 4.98 Å². The average molecular weight is 372 g/mol. The van der Waals surface area contributed by atoms with E-state index in [-0.39, 0.29) is 12.8 Å². The van der Waals surface area contributed by atoms with Gasteiger partial charge in [0, 0.05) is 11.1 Å². The third-order valence-electron chi connectivity index (χ3n) is 4.86. The summed E-state index contributed by atoms with van der Waals surface area (Å²) < 4.78 is 0. The highest BCUT2D eigenvalue weighted by Gasteiger charge is 2.18. The van der Waals surface area contributed by atoms with Crippen LogP contribution in [0.25, 0.3) is 44.7 Å². The molecule has 0 fully saturated rings. The van der Waals surface area contributed by atoms with Crippen LogP contribution in [0.4, 0.5) is 0 Å². The quantitative estimate of drug-likeness (QED) is 0.386. The zero-order valence-corrected chi connectivity index (χ0v) is 15.5. The smallest absolute Gasteiger partial charge is 0.159 e. The maximum Gasteiger partial charge on any atom is 0.159 e. The molecular formula is C22H24N6. The van der Waals surface area contributed by atoms with Crippen LogP contribution in [0.2, 0.25) is 0 Å². The first kappa shape index (κ1) is 18.0. The van der Waals surface area contributed by atoms with Gasteiger partial charge in [-0.25, -0.2) is 9.97 Å². The van der Waals surface area contributed by atoms with E-state index in [0.29, 0.717) is 0 Å². The van der Waals surface area contributed by atoms with E-state index in [1.807, 2.05) is 12.1 Å². The van der Waals surface area contributed by atoms with Crippen molar-refractivity contribution in [2.24, 2.45) is 0 Å². The van der Waals surface area contributed by atoms with Crippen molar-refractivity contribution in [2.45, 2.75) is 33.6 Å². The molecule has 0 atom stereocenters. The lowest BCUT2D eigenvalue weighted by molar-refractivity contribution is 0.567. The van der Waals surface area contributed by atoms with Crippen LogP contribution in [0.5, 0.6) is 0 Å². The van der Waals surface area contributed by atoms with Gasteiger partial charge in [-0.1, -0.05) is 40.3 Å². The minimum Gasteiger partial charge on any atom is -0.345 e. The van der Waals surface area contributed by atoms with Crippen LogP contribution >= 0.6 is 0 Å². The fourth-order valence-electron chi connectivity index (χ4n) is 3.25. The number of aromatic nitrogens is 6. The lowest BCUT2D eigenvalue weighted by Gasteiger charge is -2.14. The van der Waals surface area contributed by atoms with Crippen LogP contribution < -0.4 is 0 Å². The highest BCUT2D eigenvalue weighted by molar-refractivity contribution is 5.87. The average Bonchev–Trinajstić information content (AvgIpc) is 3.37. The molecule has 0 saturated heterocycles. The van der Waals surface area contributed by atoms with Crippen molar-refractivity contribution in [1.29, 1.82) is 0 Å². The van der Waals surface area contributed by atoms with Crippen LogP contribution in [0.3, 0.4) is 0 Å². The molecule has 0 saturated carbocycles. The fraction of sp³-hybridized carbons (Fsp3) is 0.227. The molecule has 3 aromatic heterocycles. The van der Waals surface area contributed by atoms with Crippen molar-refractivity contribution >= 4 is 22.1 Å². The number of fused-ring (bicyclic) bond motifs is 2. The van der Waals surface area contributed by atoms with Gasteiger partial charge in [-0.15, -0.1) is 0 Å². The summed E-state index contributed by atoms with van der Waals surface area (Å²) in [6.45, 7) is 6.48. The van der Waals surface area contributed by atoms with Crippen molar-refractivity contribution < 1.29 is 0 Å². The molecule has 3 heterocycles. The first-order valence-electron chi connectivity index (χ1n) is 8.97. The van der Waals surface area contributed by atoms with E-state index in [1.165, 1.54) is 0 Å². The van der Waals surface area contributed by atoms with Crippen molar-refractivity contribution in [3.05, 3.63) is 54.5 Å². The van der Waals surface area contributed by atoms with E-state index in [2.05, 4.69) is 76.3 Å². The second kappa shape index (κ2) is 6.34. The Morgan fingerprint density at radius 1 is 0.857 bits per heavy atom. The third-order valence-corrected chi connectivity index (χ3v) is 4.86. The second-order valence-electron chi connectivity index (χ2n) is 7.87. The maximum absolute atomic E-state index is 4.70. The molecule has 28 heavy (non-hydrogen) atoms. The standard InChI is InChI=1S/C21H20N6.CH4/c1-21(2,3)19-10-18(26-27-19)20-24-15-7-5-13(9-17(15)25-20)12-4-6-14-16(8-12)23-11-22-14;/h4-11H,1-3H3,(H,22,23)(H,24,25)(H,26,27);1H4. The van der Waals surface area contributed by atoms with Crippen LogP contribution in [-0.4, -0.2) is 30.1 Å². The Morgan fingerprint density at radius 2 is 1.57 bits per heavy atom. The molecule has 2 aromatic carbocycles. The second-order valence-corrected chi connectivity index (χ2v) is 7.87. The van der Waals surface area contributed by atoms with Gasteiger partial charge in [-0.3, -0.25) is 5.10 Å². The zero-order valence-electron chi connectivity index (χ0n) is 15.5. The number of benzene rings is 2. The Hall–Kier alpha value is -3.41. The summed E-state index contributed by atoms with van der Waals surface area (Å²) in [6, 6.07) is 14.6. The molecule has 5 rings (SSSR count). The SMILES string of the molecule is C.CC(C)(C)c1cc(-c2nc3ccc(-c4ccc5nc[nH]c5c4)cc3[nH]2)n[nH]1. The molecule has 0 unspecified atom stereocenters. The van der Waals surface area contributed by atoms with E-state index in [0.717, 1.165) is 50.4 Å². The van der Waals surface area contributed by atoms with Gasteiger partial charge in [0.1, 0.15) is 5.69 Å². The number of nitrogens with zero attached hydrogens (tertiary/aromatic N) is 3. The number of nitrogens with one attached hydrogen (secondary N) is 3. The highest BCUT2D eigenvalue weighted by Crippen LogP contribution is 2.28. The summed E-state index contributed by atoms with van der Waals surface area (Å²) in [5.74, 6) is 0.776. The molecular weight excluding hydrogens is 348 g/mol. The van der Waals surface area contributed by atoms with E-state index < -0.39 is 0 Å². The predicted molar refractivity (Wildman–Crippen MR) is 114 cm³/mol. The molecule has 6 nitrogen and oxygen atoms in total. The Labute approximate surface area is 163 Å². The first-order chi connectivity index (χ1) is 13.0. The van der Waals surface area contributed by atoms with Gasteiger partial charge in [0.05, 0.1) is 28.4 Å². The monoisotopic (exact) mass is 372 g/mol. The summed E-state index contributed by atoms with van der Waals surface area (Å²) in [4.78, 5) is 15.5.